The van der Waals surface area contributed by atoms with Crippen LogP contribution in [-0.2, 0) is 0 Å². The van der Waals surface area contributed by atoms with Gasteiger partial charge in [-0.1, -0.05) is 20.8 Å². The fourth-order valence-electron chi connectivity index (χ4n) is 1.43. The summed E-state index contributed by atoms with van der Waals surface area (Å²) in [6.07, 6.45) is 0. The molecule has 100 valence electrons. The molecule has 3 N–H and O–H groups in total. The first kappa shape index (κ1) is 14.9. The van der Waals surface area contributed by atoms with Crippen molar-refractivity contribution in [3.8, 4) is 0 Å². The number of primary amides is 1. The molecule has 0 saturated heterocycles. The Hall–Kier alpha value is -1.16. The fourth-order valence-corrected chi connectivity index (χ4v) is 2.27. The minimum absolute atomic E-state index is 0.283. The summed E-state index contributed by atoms with van der Waals surface area (Å²) in [6, 6.07) is 7.65. The maximum Gasteiger partial charge on any atom is 0.248 e. The molecule has 4 heteroatoms. The number of carbonyl (C=O) groups excluding carboxylic acids is 1. The number of rotatable bonds is 5. The van der Waals surface area contributed by atoms with Crippen LogP contribution in [0.25, 0.3) is 0 Å². The van der Waals surface area contributed by atoms with Crippen LogP contribution >= 0.6 is 11.8 Å². The Morgan fingerprint density at radius 2 is 1.89 bits per heavy atom. The first-order valence-corrected chi connectivity index (χ1v) is 7.07. The summed E-state index contributed by atoms with van der Waals surface area (Å²) in [7, 11) is 0. The highest BCUT2D eigenvalue weighted by molar-refractivity contribution is 8.00. The highest BCUT2D eigenvalue weighted by Crippen LogP contribution is 2.24. The van der Waals surface area contributed by atoms with Gasteiger partial charge in [0.25, 0.3) is 0 Å². The molecule has 0 fully saturated rings. The molecule has 1 rings (SSSR count). The average Bonchev–Trinajstić information content (AvgIpc) is 2.26. The standard InChI is InChI=1S/C14H22N2OS/c1-10(9-18-14(2,3)4)16-12-7-5-11(6-8-12)13(15)17/h5-8,10,16H,9H2,1-4H3,(H2,15,17)/t10-/m1/s1. The van der Waals surface area contributed by atoms with Crippen LogP contribution in [0.3, 0.4) is 0 Å². The third-order valence-corrected chi connectivity index (χ3v) is 3.88. The van der Waals surface area contributed by atoms with Crippen molar-refractivity contribution in [2.75, 3.05) is 11.1 Å². The summed E-state index contributed by atoms with van der Waals surface area (Å²) in [6.45, 7) is 8.80. The molecule has 0 unspecified atom stereocenters. The van der Waals surface area contributed by atoms with Crippen molar-refractivity contribution in [2.24, 2.45) is 5.73 Å². The second-order valence-electron chi connectivity index (χ2n) is 5.41. The van der Waals surface area contributed by atoms with E-state index in [1.165, 1.54) is 0 Å². The normalized spacial score (nSPS) is 13.1. The average molecular weight is 266 g/mol. The van der Waals surface area contributed by atoms with Gasteiger partial charge in [0.05, 0.1) is 0 Å². The predicted octanol–water partition coefficient (Wildman–Crippen LogP) is 3.12. The van der Waals surface area contributed by atoms with Gasteiger partial charge in [0.2, 0.25) is 5.91 Å². The van der Waals surface area contributed by atoms with Crippen molar-refractivity contribution in [3.05, 3.63) is 29.8 Å². The second-order valence-corrected chi connectivity index (χ2v) is 7.26. The van der Waals surface area contributed by atoms with Crippen molar-refractivity contribution in [3.63, 3.8) is 0 Å². The molecule has 0 aliphatic heterocycles. The number of anilines is 1. The van der Waals surface area contributed by atoms with Gasteiger partial charge in [-0.25, -0.2) is 0 Å². The molecule has 0 saturated carbocycles. The van der Waals surface area contributed by atoms with Crippen LogP contribution in [0.15, 0.2) is 24.3 Å². The molecule has 0 bridgehead atoms. The van der Waals surface area contributed by atoms with E-state index in [1.54, 1.807) is 12.1 Å². The molecule has 0 heterocycles. The topological polar surface area (TPSA) is 55.1 Å². The number of nitrogens with one attached hydrogen (secondary N) is 1. The summed E-state index contributed by atoms with van der Waals surface area (Å²) >= 11 is 1.93. The van der Waals surface area contributed by atoms with Gasteiger partial charge in [0.1, 0.15) is 0 Å². The zero-order valence-electron chi connectivity index (χ0n) is 11.5. The van der Waals surface area contributed by atoms with E-state index in [0.29, 0.717) is 11.6 Å². The van der Waals surface area contributed by atoms with Crippen LogP contribution in [-0.4, -0.2) is 22.4 Å². The van der Waals surface area contributed by atoms with Crippen LogP contribution < -0.4 is 11.1 Å². The van der Waals surface area contributed by atoms with Gasteiger partial charge in [-0.2, -0.15) is 11.8 Å². The van der Waals surface area contributed by atoms with Crippen LogP contribution in [0.4, 0.5) is 5.69 Å². The van der Waals surface area contributed by atoms with Gasteiger partial charge < -0.3 is 11.1 Å². The maximum absolute atomic E-state index is 10.9. The lowest BCUT2D eigenvalue weighted by atomic mass is 10.2. The number of carbonyl (C=O) groups is 1. The Kier molecular flexibility index (Phi) is 5.08. The van der Waals surface area contributed by atoms with Gasteiger partial charge in [-0.3, -0.25) is 4.79 Å². The number of benzene rings is 1. The van der Waals surface area contributed by atoms with Crippen molar-refractivity contribution < 1.29 is 4.79 Å². The molecule has 18 heavy (non-hydrogen) atoms. The van der Waals surface area contributed by atoms with Crippen LogP contribution in [0.2, 0.25) is 0 Å². The SMILES string of the molecule is C[C@H](CSC(C)(C)C)Nc1ccc(C(N)=O)cc1. The molecule has 1 aromatic rings. The molecule has 0 radical (unpaired) electrons. The summed E-state index contributed by atoms with van der Waals surface area (Å²) in [4.78, 5) is 10.9. The van der Waals surface area contributed by atoms with Crippen molar-refractivity contribution in [1.82, 2.24) is 0 Å². The van der Waals surface area contributed by atoms with E-state index >= 15 is 0 Å². The molecule has 1 aromatic carbocycles. The Morgan fingerprint density at radius 3 is 2.33 bits per heavy atom. The summed E-state index contributed by atoms with van der Waals surface area (Å²) < 4.78 is 0.283. The molecular weight excluding hydrogens is 244 g/mol. The van der Waals surface area contributed by atoms with Crippen molar-refractivity contribution in [2.45, 2.75) is 38.5 Å². The molecule has 0 aliphatic rings. The lowest BCUT2D eigenvalue weighted by molar-refractivity contribution is 0.100. The van der Waals surface area contributed by atoms with E-state index in [2.05, 4.69) is 33.0 Å². The van der Waals surface area contributed by atoms with Gasteiger partial charge in [-0.15, -0.1) is 0 Å². The van der Waals surface area contributed by atoms with Gasteiger partial charge in [0, 0.05) is 27.8 Å². The summed E-state index contributed by atoms with van der Waals surface area (Å²) in [5.74, 6) is 0.652. The summed E-state index contributed by atoms with van der Waals surface area (Å²) in [5, 5.41) is 3.41. The van der Waals surface area contributed by atoms with E-state index in [1.807, 2.05) is 23.9 Å². The summed E-state index contributed by atoms with van der Waals surface area (Å²) in [5.41, 5.74) is 6.75. The Bertz CT molecular complexity index is 395. The Balaban J connectivity index is 2.49. The Labute approximate surface area is 114 Å². The van der Waals surface area contributed by atoms with Crippen LogP contribution in [0.1, 0.15) is 38.1 Å². The largest absolute Gasteiger partial charge is 0.382 e. The van der Waals surface area contributed by atoms with E-state index in [-0.39, 0.29) is 4.75 Å². The molecule has 3 nitrogen and oxygen atoms in total. The minimum atomic E-state index is -0.391. The fraction of sp³-hybridized carbons (Fsp3) is 0.500. The second kappa shape index (κ2) is 6.14. The van der Waals surface area contributed by atoms with E-state index < -0.39 is 5.91 Å². The van der Waals surface area contributed by atoms with Crippen LogP contribution in [0.5, 0.6) is 0 Å². The van der Waals surface area contributed by atoms with Gasteiger partial charge in [-0.05, 0) is 31.2 Å². The third-order valence-electron chi connectivity index (χ3n) is 2.35. The molecule has 0 aromatic heterocycles. The number of hydrogen-bond donors (Lipinski definition) is 2. The molecular formula is C14H22N2OS. The predicted molar refractivity (Wildman–Crippen MR) is 80.3 cm³/mol. The van der Waals surface area contributed by atoms with E-state index in [4.69, 9.17) is 5.73 Å². The third kappa shape index (κ3) is 5.45. The molecule has 0 aliphatic carbocycles. The molecule has 0 spiro atoms. The zero-order valence-corrected chi connectivity index (χ0v) is 12.3. The molecule has 1 atom stereocenters. The maximum atomic E-state index is 10.9. The zero-order chi connectivity index (χ0) is 13.8. The van der Waals surface area contributed by atoms with Gasteiger partial charge >= 0.3 is 0 Å². The van der Waals surface area contributed by atoms with Crippen LogP contribution in [0, 0.1) is 0 Å². The van der Waals surface area contributed by atoms with Gasteiger partial charge in [0.15, 0.2) is 0 Å². The quantitative estimate of drug-likeness (QED) is 0.861. The highest BCUT2D eigenvalue weighted by atomic mass is 32.2. The highest BCUT2D eigenvalue weighted by Gasteiger charge is 2.12. The van der Waals surface area contributed by atoms with E-state index in [0.717, 1.165) is 11.4 Å². The number of amides is 1. The minimum Gasteiger partial charge on any atom is -0.382 e. The number of nitrogens with two attached hydrogens (primary N) is 1. The number of hydrogen-bond acceptors (Lipinski definition) is 3. The monoisotopic (exact) mass is 266 g/mol. The molecule has 1 amide bonds. The smallest absolute Gasteiger partial charge is 0.248 e. The lowest BCUT2D eigenvalue weighted by Crippen LogP contribution is -2.21. The first-order chi connectivity index (χ1) is 8.28. The first-order valence-electron chi connectivity index (χ1n) is 6.08. The number of thioether (sulfide) groups is 1. The van der Waals surface area contributed by atoms with E-state index in [9.17, 15) is 4.79 Å². The Morgan fingerprint density at radius 1 is 1.33 bits per heavy atom. The lowest BCUT2D eigenvalue weighted by Gasteiger charge is -2.22. The van der Waals surface area contributed by atoms with Crippen molar-refractivity contribution in [1.29, 1.82) is 0 Å². The van der Waals surface area contributed by atoms with Crippen molar-refractivity contribution >= 4 is 23.4 Å².